The maximum Gasteiger partial charge on any atom is 0.306 e. The SMILES string of the molecule is CCCOC(=O)CC1C=CC(C)(C)C1. The van der Waals surface area contributed by atoms with E-state index in [1.54, 1.807) is 0 Å². The molecule has 0 saturated carbocycles. The Morgan fingerprint density at radius 2 is 2.29 bits per heavy atom. The lowest BCUT2D eigenvalue weighted by Gasteiger charge is -2.16. The van der Waals surface area contributed by atoms with E-state index in [1.807, 2.05) is 6.92 Å². The molecular formula is C12H20O2. The second-order valence-corrected chi connectivity index (χ2v) is 4.74. The molecule has 0 aromatic rings. The molecule has 0 aromatic heterocycles. The van der Waals surface area contributed by atoms with Crippen molar-refractivity contribution in [2.45, 2.75) is 40.0 Å². The molecular weight excluding hydrogens is 176 g/mol. The Kier molecular flexibility index (Phi) is 3.73. The van der Waals surface area contributed by atoms with Crippen LogP contribution in [0, 0.1) is 11.3 Å². The van der Waals surface area contributed by atoms with Gasteiger partial charge in [0.05, 0.1) is 13.0 Å². The van der Waals surface area contributed by atoms with Gasteiger partial charge < -0.3 is 4.74 Å². The predicted molar refractivity (Wildman–Crippen MR) is 56.9 cm³/mol. The van der Waals surface area contributed by atoms with Crippen molar-refractivity contribution in [1.82, 2.24) is 0 Å². The molecule has 1 aliphatic rings. The number of hydrogen-bond acceptors (Lipinski definition) is 2. The molecule has 0 saturated heterocycles. The van der Waals surface area contributed by atoms with Gasteiger partial charge in [-0.1, -0.05) is 32.9 Å². The molecule has 0 radical (unpaired) electrons. The van der Waals surface area contributed by atoms with Gasteiger partial charge in [0.1, 0.15) is 0 Å². The fourth-order valence-electron chi connectivity index (χ4n) is 1.84. The van der Waals surface area contributed by atoms with E-state index in [1.165, 1.54) is 0 Å². The third-order valence-electron chi connectivity index (χ3n) is 2.50. The number of rotatable bonds is 4. The molecule has 0 N–H and O–H groups in total. The molecule has 0 bridgehead atoms. The fraction of sp³-hybridized carbons (Fsp3) is 0.750. The van der Waals surface area contributed by atoms with Gasteiger partial charge in [0.15, 0.2) is 0 Å². The molecule has 1 unspecified atom stereocenters. The molecule has 80 valence electrons. The summed E-state index contributed by atoms with van der Waals surface area (Å²) in [6, 6.07) is 0. The predicted octanol–water partition coefficient (Wildman–Crippen LogP) is 2.93. The van der Waals surface area contributed by atoms with Crippen LogP contribution in [0.4, 0.5) is 0 Å². The van der Waals surface area contributed by atoms with Gasteiger partial charge in [-0.25, -0.2) is 0 Å². The van der Waals surface area contributed by atoms with Crippen LogP contribution in [-0.2, 0) is 9.53 Å². The van der Waals surface area contributed by atoms with Gasteiger partial charge in [0, 0.05) is 0 Å². The maximum atomic E-state index is 11.3. The summed E-state index contributed by atoms with van der Waals surface area (Å²) in [5.74, 6) is 0.327. The van der Waals surface area contributed by atoms with E-state index in [4.69, 9.17) is 4.74 Å². The average molecular weight is 196 g/mol. The van der Waals surface area contributed by atoms with Gasteiger partial charge in [-0.2, -0.15) is 0 Å². The summed E-state index contributed by atoms with van der Waals surface area (Å²) in [5.41, 5.74) is 0.260. The monoisotopic (exact) mass is 196 g/mol. The highest BCUT2D eigenvalue weighted by atomic mass is 16.5. The first-order valence-corrected chi connectivity index (χ1v) is 5.38. The van der Waals surface area contributed by atoms with E-state index >= 15 is 0 Å². The Balaban J connectivity index is 2.26. The molecule has 0 aliphatic heterocycles. The summed E-state index contributed by atoms with van der Waals surface area (Å²) in [6.07, 6.45) is 6.85. The molecule has 0 aromatic carbocycles. The van der Waals surface area contributed by atoms with Gasteiger partial charge in [-0.15, -0.1) is 0 Å². The van der Waals surface area contributed by atoms with Crippen molar-refractivity contribution in [2.75, 3.05) is 6.61 Å². The fourth-order valence-corrected chi connectivity index (χ4v) is 1.84. The summed E-state index contributed by atoms with van der Waals surface area (Å²) < 4.78 is 5.05. The van der Waals surface area contributed by atoms with Crippen molar-refractivity contribution in [2.24, 2.45) is 11.3 Å². The van der Waals surface area contributed by atoms with Crippen molar-refractivity contribution in [3.05, 3.63) is 12.2 Å². The van der Waals surface area contributed by atoms with Crippen molar-refractivity contribution < 1.29 is 9.53 Å². The number of hydrogen-bond donors (Lipinski definition) is 0. The number of carbonyl (C=O) groups excluding carboxylic acids is 1. The number of esters is 1. The van der Waals surface area contributed by atoms with Crippen molar-refractivity contribution >= 4 is 5.97 Å². The molecule has 0 fully saturated rings. The lowest BCUT2D eigenvalue weighted by atomic mass is 9.89. The van der Waals surface area contributed by atoms with Gasteiger partial charge in [-0.05, 0) is 24.2 Å². The number of allylic oxidation sites excluding steroid dienone is 2. The molecule has 0 heterocycles. The summed E-state index contributed by atoms with van der Waals surface area (Å²) in [4.78, 5) is 11.3. The highest BCUT2D eigenvalue weighted by molar-refractivity contribution is 5.70. The van der Waals surface area contributed by atoms with E-state index < -0.39 is 0 Å². The van der Waals surface area contributed by atoms with E-state index in [0.29, 0.717) is 18.9 Å². The van der Waals surface area contributed by atoms with E-state index in [-0.39, 0.29) is 11.4 Å². The van der Waals surface area contributed by atoms with Crippen LogP contribution in [0.25, 0.3) is 0 Å². The van der Waals surface area contributed by atoms with Gasteiger partial charge in [0.2, 0.25) is 0 Å². The molecule has 2 heteroatoms. The van der Waals surface area contributed by atoms with Gasteiger partial charge in [-0.3, -0.25) is 4.79 Å². The summed E-state index contributed by atoms with van der Waals surface area (Å²) >= 11 is 0. The lowest BCUT2D eigenvalue weighted by molar-refractivity contribution is -0.144. The third kappa shape index (κ3) is 3.52. The Bertz CT molecular complexity index is 228. The van der Waals surface area contributed by atoms with E-state index in [9.17, 15) is 4.79 Å². The summed E-state index contributed by atoms with van der Waals surface area (Å²) in [7, 11) is 0. The van der Waals surface area contributed by atoms with Gasteiger partial charge >= 0.3 is 5.97 Å². The van der Waals surface area contributed by atoms with Crippen molar-refractivity contribution in [3.63, 3.8) is 0 Å². The van der Waals surface area contributed by atoms with Crippen LogP contribution in [0.15, 0.2) is 12.2 Å². The van der Waals surface area contributed by atoms with Crippen molar-refractivity contribution in [3.8, 4) is 0 Å². The quantitative estimate of drug-likeness (QED) is 0.510. The Morgan fingerprint density at radius 1 is 1.57 bits per heavy atom. The minimum atomic E-state index is -0.0563. The van der Waals surface area contributed by atoms with Gasteiger partial charge in [0.25, 0.3) is 0 Å². The first-order chi connectivity index (χ1) is 6.53. The zero-order chi connectivity index (χ0) is 10.6. The van der Waals surface area contributed by atoms with Crippen LogP contribution in [0.3, 0.4) is 0 Å². The zero-order valence-corrected chi connectivity index (χ0v) is 9.38. The third-order valence-corrected chi connectivity index (χ3v) is 2.50. The largest absolute Gasteiger partial charge is 0.466 e. The Morgan fingerprint density at radius 3 is 2.79 bits per heavy atom. The van der Waals surface area contributed by atoms with Crippen LogP contribution in [0.1, 0.15) is 40.0 Å². The average Bonchev–Trinajstić information content (AvgIpc) is 2.42. The molecule has 1 rings (SSSR count). The Labute approximate surface area is 86.3 Å². The zero-order valence-electron chi connectivity index (χ0n) is 9.38. The minimum Gasteiger partial charge on any atom is -0.466 e. The standard InChI is InChI=1S/C12H20O2/c1-4-7-14-11(13)8-10-5-6-12(2,3)9-10/h5-6,10H,4,7-9H2,1-3H3. The highest BCUT2D eigenvalue weighted by Crippen LogP contribution is 2.36. The summed E-state index contributed by atoms with van der Waals surface area (Å²) in [5, 5.41) is 0. The maximum absolute atomic E-state index is 11.3. The lowest BCUT2D eigenvalue weighted by Crippen LogP contribution is -2.12. The topological polar surface area (TPSA) is 26.3 Å². The van der Waals surface area contributed by atoms with Crippen LogP contribution in [0.2, 0.25) is 0 Å². The molecule has 14 heavy (non-hydrogen) atoms. The molecule has 0 spiro atoms. The second kappa shape index (κ2) is 4.63. The number of carbonyl (C=O) groups is 1. The summed E-state index contributed by atoms with van der Waals surface area (Å²) in [6.45, 7) is 6.95. The highest BCUT2D eigenvalue weighted by Gasteiger charge is 2.26. The van der Waals surface area contributed by atoms with Crippen molar-refractivity contribution in [1.29, 1.82) is 0 Å². The normalized spacial score (nSPS) is 23.8. The van der Waals surface area contributed by atoms with Crippen LogP contribution in [0.5, 0.6) is 0 Å². The first kappa shape index (κ1) is 11.3. The molecule has 1 aliphatic carbocycles. The Hall–Kier alpha value is -0.790. The second-order valence-electron chi connectivity index (χ2n) is 4.74. The first-order valence-electron chi connectivity index (χ1n) is 5.38. The van der Waals surface area contributed by atoms with Crippen LogP contribution in [-0.4, -0.2) is 12.6 Å². The van der Waals surface area contributed by atoms with Crippen LogP contribution >= 0.6 is 0 Å². The number of ether oxygens (including phenoxy) is 1. The minimum absolute atomic E-state index is 0.0563. The molecule has 1 atom stereocenters. The van der Waals surface area contributed by atoms with E-state index in [0.717, 1.165) is 12.8 Å². The van der Waals surface area contributed by atoms with E-state index in [2.05, 4.69) is 26.0 Å². The molecule has 2 nitrogen and oxygen atoms in total. The smallest absolute Gasteiger partial charge is 0.306 e. The van der Waals surface area contributed by atoms with Crippen LogP contribution < -0.4 is 0 Å². The molecule has 0 amide bonds.